The highest BCUT2D eigenvalue weighted by molar-refractivity contribution is 7.99. The van der Waals surface area contributed by atoms with Gasteiger partial charge in [-0.25, -0.2) is 0 Å². The van der Waals surface area contributed by atoms with Gasteiger partial charge in [-0.2, -0.15) is 4.68 Å². The molecule has 1 heterocycles. The van der Waals surface area contributed by atoms with E-state index in [4.69, 9.17) is 4.74 Å². The normalized spacial score (nSPS) is 10.6. The van der Waals surface area contributed by atoms with E-state index in [0.29, 0.717) is 10.7 Å². The van der Waals surface area contributed by atoms with Crippen LogP contribution in [0.15, 0.2) is 47.6 Å². The molecule has 1 aromatic heterocycles. The van der Waals surface area contributed by atoms with Crippen molar-refractivity contribution >= 4 is 23.4 Å². The number of nitrogens with zero attached hydrogens (tertiary/aromatic N) is 5. The fourth-order valence-electron chi connectivity index (χ4n) is 2.41. The molecule has 0 unspecified atom stereocenters. The molecular weight excluding hydrogens is 382 g/mol. The van der Waals surface area contributed by atoms with Crippen molar-refractivity contribution in [2.75, 3.05) is 5.75 Å². The van der Waals surface area contributed by atoms with Crippen molar-refractivity contribution in [3.8, 4) is 5.69 Å². The van der Waals surface area contributed by atoms with Crippen LogP contribution in [0.3, 0.4) is 0 Å². The van der Waals surface area contributed by atoms with Gasteiger partial charge in [0.15, 0.2) is 0 Å². The lowest BCUT2D eigenvalue weighted by atomic mass is 10.1. The second-order valence-corrected chi connectivity index (χ2v) is 6.98. The van der Waals surface area contributed by atoms with Crippen LogP contribution >= 0.6 is 11.8 Å². The van der Waals surface area contributed by atoms with Crippen molar-refractivity contribution in [3.63, 3.8) is 0 Å². The fourth-order valence-corrected chi connectivity index (χ4v) is 3.09. The average Bonchev–Trinajstić information content (AvgIpc) is 3.15. The van der Waals surface area contributed by atoms with Gasteiger partial charge >= 0.3 is 5.97 Å². The Morgan fingerprint density at radius 1 is 1.21 bits per heavy atom. The Kier molecular flexibility index (Phi) is 5.99. The van der Waals surface area contributed by atoms with E-state index in [2.05, 4.69) is 15.5 Å². The summed E-state index contributed by atoms with van der Waals surface area (Å²) in [5.41, 5.74) is 3.61. The Balaban J connectivity index is 1.57. The Hall–Kier alpha value is -3.27. The first-order chi connectivity index (χ1) is 13.4. The molecule has 0 aliphatic heterocycles. The van der Waals surface area contributed by atoms with Gasteiger partial charge in [-0.1, -0.05) is 23.9 Å². The zero-order valence-corrected chi connectivity index (χ0v) is 16.0. The molecule has 10 heteroatoms. The molecule has 0 spiro atoms. The molecule has 0 amide bonds. The number of rotatable bonds is 7. The van der Waals surface area contributed by atoms with E-state index in [1.165, 1.54) is 23.9 Å². The summed E-state index contributed by atoms with van der Waals surface area (Å²) in [6.07, 6.45) is 0. The largest absolute Gasteiger partial charge is 0.460 e. The molecule has 3 aromatic rings. The minimum Gasteiger partial charge on any atom is -0.460 e. The Morgan fingerprint density at radius 2 is 1.96 bits per heavy atom. The number of aromatic nitrogens is 4. The van der Waals surface area contributed by atoms with E-state index in [1.807, 2.05) is 32.0 Å². The number of nitro groups is 1. The number of non-ortho nitro benzene ring substituents is 1. The minimum absolute atomic E-state index is 0.0103. The Bertz CT molecular complexity index is 1000. The molecule has 0 saturated heterocycles. The summed E-state index contributed by atoms with van der Waals surface area (Å²) in [5, 5.41) is 22.8. The maximum atomic E-state index is 12.0. The molecule has 0 fully saturated rings. The number of thioether (sulfide) groups is 1. The Morgan fingerprint density at radius 3 is 2.68 bits per heavy atom. The van der Waals surface area contributed by atoms with Gasteiger partial charge in [-0.05, 0) is 59.2 Å². The van der Waals surface area contributed by atoms with Crippen LogP contribution in [0.5, 0.6) is 0 Å². The van der Waals surface area contributed by atoms with E-state index in [9.17, 15) is 14.9 Å². The van der Waals surface area contributed by atoms with E-state index in [0.717, 1.165) is 16.8 Å². The average molecular weight is 399 g/mol. The quantitative estimate of drug-likeness (QED) is 0.258. The number of ether oxygens (including phenoxy) is 1. The van der Waals surface area contributed by atoms with Gasteiger partial charge in [0.2, 0.25) is 5.16 Å². The molecule has 0 N–H and O–H groups in total. The van der Waals surface area contributed by atoms with Crippen LogP contribution in [0.25, 0.3) is 5.69 Å². The van der Waals surface area contributed by atoms with E-state index in [-0.39, 0.29) is 18.0 Å². The number of carbonyl (C=O) groups excluding carboxylic acids is 1. The predicted octanol–water partition coefficient (Wildman–Crippen LogP) is 3.02. The van der Waals surface area contributed by atoms with Gasteiger partial charge in [0.05, 0.1) is 16.4 Å². The third-order valence-electron chi connectivity index (χ3n) is 3.90. The molecule has 0 atom stereocenters. The molecule has 9 nitrogen and oxygen atoms in total. The highest BCUT2D eigenvalue weighted by Gasteiger charge is 2.14. The summed E-state index contributed by atoms with van der Waals surface area (Å²) in [4.78, 5) is 22.2. The highest BCUT2D eigenvalue weighted by atomic mass is 32.2. The lowest BCUT2D eigenvalue weighted by Gasteiger charge is -2.08. The van der Waals surface area contributed by atoms with Crippen LogP contribution in [-0.4, -0.2) is 36.9 Å². The minimum atomic E-state index is -0.480. The number of tetrazole rings is 1. The van der Waals surface area contributed by atoms with Crippen molar-refractivity contribution in [1.82, 2.24) is 20.2 Å². The maximum absolute atomic E-state index is 12.0. The molecule has 0 radical (unpaired) electrons. The van der Waals surface area contributed by atoms with Crippen LogP contribution in [0.2, 0.25) is 0 Å². The van der Waals surface area contributed by atoms with Crippen LogP contribution in [0.4, 0.5) is 5.69 Å². The number of hydrogen-bond donors (Lipinski definition) is 0. The van der Waals surface area contributed by atoms with Crippen molar-refractivity contribution in [3.05, 3.63) is 69.3 Å². The molecule has 0 aliphatic rings. The summed E-state index contributed by atoms with van der Waals surface area (Å²) in [7, 11) is 0. The smallest absolute Gasteiger partial charge is 0.316 e. The Labute approximate surface area is 164 Å². The van der Waals surface area contributed by atoms with Crippen molar-refractivity contribution in [2.24, 2.45) is 0 Å². The third kappa shape index (κ3) is 4.71. The van der Waals surface area contributed by atoms with Crippen molar-refractivity contribution in [1.29, 1.82) is 0 Å². The summed E-state index contributed by atoms with van der Waals surface area (Å²) in [6, 6.07) is 11.8. The first-order valence-electron chi connectivity index (χ1n) is 8.32. The van der Waals surface area contributed by atoms with Crippen molar-refractivity contribution < 1.29 is 14.5 Å². The monoisotopic (exact) mass is 399 g/mol. The zero-order chi connectivity index (χ0) is 20.1. The predicted molar refractivity (Wildman–Crippen MR) is 102 cm³/mol. The molecule has 144 valence electrons. The fraction of sp³-hybridized carbons (Fsp3) is 0.222. The molecule has 28 heavy (non-hydrogen) atoms. The van der Waals surface area contributed by atoms with Gasteiger partial charge in [0, 0.05) is 12.1 Å². The van der Waals surface area contributed by atoms with Crippen LogP contribution < -0.4 is 0 Å². The molecule has 0 bridgehead atoms. The summed E-state index contributed by atoms with van der Waals surface area (Å²) in [5.74, 6) is -0.392. The van der Waals surface area contributed by atoms with Gasteiger partial charge in [0.25, 0.3) is 5.69 Å². The highest BCUT2D eigenvalue weighted by Crippen LogP contribution is 2.22. The number of benzene rings is 2. The topological polar surface area (TPSA) is 113 Å². The summed E-state index contributed by atoms with van der Waals surface area (Å²) >= 11 is 1.18. The van der Waals surface area contributed by atoms with Crippen LogP contribution in [-0.2, 0) is 16.1 Å². The molecular formula is C18H17N5O4S. The molecule has 0 aliphatic carbocycles. The number of aryl methyl sites for hydroxylation is 2. The van der Waals surface area contributed by atoms with Gasteiger partial charge in [-0.15, -0.1) is 5.10 Å². The molecule has 2 aromatic carbocycles. The van der Waals surface area contributed by atoms with E-state index in [1.54, 1.807) is 16.8 Å². The molecule has 0 saturated carbocycles. The lowest BCUT2D eigenvalue weighted by molar-refractivity contribution is -0.384. The first-order valence-corrected chi connectivity index (χ1v) is 9.30. The third-order valence-corrected chi connectivity index (χ3v) is 4.79. The molecule has 3 rings (SSSR count). The number of nitro benzene ring substituents is 1. The van der Waals surface area contributed by atoms with Crippen LogP contribution in [0.1, 0.15) is 16.7 Å². The van der Waals surface area contributed by atoms with Crippen molar-refractivity contribution in [2.45, 2.75) is 25.6 Å². The number of esters is 1. The zero-order valence-electron chi connectivity index (χ0n) is 15.2. The maximum Gasteiger partial charge on any atom is 0.316 e. The van der Waals surface area contributed by atoms with E-state index >= 15 is 0 Å². The standard InChI is InChI=1S/C18H17N5O4S/c1-12-3-4-13(2)16(9-12)22-18(19-20-21-22)28-11-17(24)27-10-14-5-7-15(8-6-14)23(25)26/h3-9H,10-11H2,1-2H3. The second kappa shape index (κ2) is 8.61. The second-order valence-electron chi connectivity index (χ2n) is 6.04. The lowest BCUT2D eigenvalue weighted by Crippen LogP contribution is -2.09. The first kappa shape index (κ1) is 19.5. The van der Waals surface area contributed by atoms with Gasteiger partial charge < -0.3 is 4.74 Å². The number of hydrogen-bond acceptors (Lipinski definition) is 8. The van der Waals surface area contributed by atoms with E-state index < -0.39 is 10.9 Å². The van der Waals surface area contributed by atoms with Gasteiger partial charge in [-0.3, -0.25) is 14.9 Å². The summed E-state index contributed by atoms with van der Waals surface area (Å²) in [6.45, 7) is 3.98. The summed E-state index contributed by atoms with van der Waals surface area (Å²) < 4.78 is 6.80. The number of carbonyl (C=O) groups is 1. The van der Waals surface area contributed by atoms with Gasteiger partial charge in [0.1, 0.15) is 6.61 Å². The van der Waals surface area contributed by atoms with Crippen LogP contribution in [0, 0.1) is 24.0 Å². The SMILES string of the molecule is Cc1ccc(C)c(-n2nnnc2SCC(=O)OCc2ccc([N+](=O)[O-])cc2)c1.